The first-order valence-corrected chi connectivity index (χ1v) is 11.6. The summed E-state index contributed by atoms with van der Waals surface area (Å²) in [6.45, 7) is 0.589. The minimum atomic E-state index is -3.75. The van der Waals surface area contributed by atoms with Gasteiger partial charge in [-0.15, -0.1) is 0 Å². The van der Waals surface area contributed by atoms with E-state index in [1.54, 1.807) is 24.3 Å². The molecule has 9 nitrogen and oxygen atoms in total. The van der Waals surface area contributed by atoms with Crippen molar-refractivity contribution in [2.75, 3.05) is 39.2 Å². The van der Waals surface area contributed by atoms with Crippen molar-refractivity contribution >= 4 is 27.6 Å². The number of carbonyl (C=O) groups excluding carboxylic acids is 2. The van der Waals surface area contributed by atoms with Gasteiger partial charge in [-0.05, 0) is 49.2 Å². The zero-order chi connectivity index (χ0) is 23.1. The first-order valence-electron chi connectivity index (χ1n) is 10.1. The Kier molecular flexibility index (Phi) is 7.70. The van der Waals surface area contributed by atoms with Crippen molar-refractivity contribution in [3.63, 3.8) is 0 Å². The van der Waals surface area contributed by atoms with Crippen LogP contribution in [0.3, 0.4) is 0 Å². The largest absolute Gasteiger partial charge is 0.495 e. The molecule has 1 aliphatic rings. The van der Waals surface area contributed by atoms with E-state index in [0.29, 0.717) is 30.1 Å². The second-order valence-electron chi connectivity index (χ2n) is 7.19. The zero-order valence-corrected chi connectivity index (χ0v) is 18.8. The molecule has 2 aromatic rings. The molecular formula is C22H26N2O7S. The lowest BCUT2D eigenvalue weighted by molar-refractivity contribution is -0.118. The van der Waals surface area contributed by atoms with E-state index in [-0.39, 0.29) is 17.3 Å². The number of anilines is 1. The third-order valence-corrected chi connectivity index (χ3v) is 6.93. The quantitative estimate of drug-likeness (QED) is 0.601. The molecule has 0 saturated carbocycles. The Hall–Kier alpha value is -3.11. The maximum Gasteiger partial charge on any atom is 0.337 e. The van der Waals surface area contributed by atoms with Crippen LogP contribution in [0.1, 0.15) is 29.6 Å². The SMILES string of the molecule is COC(=O)c1cccc(OCC(=O)Nc2ccc(OC)c(S(=O)(=O)N3CCCCC3)c2)c1. The monoisotopic (exact) mass is 462 g/mol. The fraction of sp³-hybridized carbons (Fsp3) is 0.364. The number of amides is 1. The van der Waals surface area contributed by atoms with Crippen LogP contribution in [-0.4, -0.2) is 58.5 Å². The minimum Gasteiger partial charge on any atom is -0.495 e. The number of hydrogen-bond acceptors (Lipinski definition) is 7. The molecule has 1 fully saturated rings. The molecule has 0 atom stereocenters. The first-order chi connectivity index (χ1) is 15.3. The predicted molar refractivity (Wildman–Crippen MR) is 118 cm³/mol. The van der Waals surface area contributed by atoms with Crippen LogP contribution in [0.25, 0.3) is 0 Å². The average molecular weight is 463 g/mol. The van der Waals surface area contributed by atoms with Crippen LogP contribution in [0.4, 0.5) is 5.69 Å². The number of methoxy groups -OCH3 is 2. The van der Waals surface area contributed by atoms with E-state index >= 15 is 0 Å². The van der Waals surface area contributed by atoms with E-state index in [2.05, 4.69) is 10.1 Å². The molecule has 0 aromatic heterocycles. The standard InChI is InChI=1S/C22H26N2O7S/c1-29-19-10-9-17(14-20(19)32(27,28)24-11-4-3-5-12-24)23-21(25)15-31-18-8-6-7-16(13-18)22(26)30-2/h6-10,13-14H,3-5,11-12,15H2,1-2H3,(H,23,25). The maximum absolute atomic E-state index is 13.1. The third kappa shape index (κ3) is 5.57. The summed E-state index contributed by atoms with van der Waals surface area (Å²) < 4.78 is 43.0. The molecule has 3 rings (SSSR count). The van der Waals surface area contributed by atoms with Crippen molar-refractivity contribution < 1.29 is 32.2 Å². The summed E-state index contributed by atoms with van der Waals surface area (Å²) >= 11 is 0. The Morgan fingerprint density at radius 3 is 2.47 bits per heavy atom. The molecule has 1 aliphatic heterocycles. The van der Waals surface area contributed by atoms with Crippen LogP contribution < -0.4 is 14.8 Å². The molecule has 1 heterocycles. The van der Waals surface area contributed by atoms with Crippen molar-refractivity contribution in [3.8, 4) is 11.5 Å². The molecule has 1 amide bonds. The Morgan fingerprint density at radius 1 is 1.03 bits per heavy atom. The highest BCUT2D eigenvalue weighted by molar-refractivity contribution is 7.89. The summed E-state index contributed by atoms with van der Waals surface area (Å²) in [6, 6.07) is 10.7. The number of esters is 1. The molecule has 0 bridgehead atoms. The van der Waals surface area contributed by atoms with Gasteiger partial charge in [0.1, 0.15) is 16.4 Å². The van der Waals surface area contributed by atoms with Crippen molar-refractivity contribution in [3.05, 3.63) is 48.0 Å². The Bertz CT molecular complexity index is 1080. The van der Waals surface area contributed by atoms with Crippen molar-refractivity contribution in [2.24, 2.45) is 0 Å². The molecule has 0 spiro atoms. The van der Waals surface area contributed by atoms with Crippen LogP contribution in [0.2, 0.25) is 0 Å². The van der Waals surface area contributed by atoms with Gasteiger partial charge < -0.3 is 19.5 Å². The normalized spacial score (nSPS) is 14.4. The minimum absolute atomic E-state index is 0.00592. The summed E-state index contributed by atoms with van der Waals surface area (Å²) in [5.41, 5.74) is 0.603. The maximum atomic E-state index is 13.1. The summed E-state index contributed by atoms with van der Waals surface area (Å²) in [7, 11) is -1.07. The van der Waals surface area contributed by atoms with Crippen LogP contribution in [-0.2, 0) is 19.6 Å². The van der Waals surface area contributed by atoms with Gasteiger partial charge in [0.05, 0.1) is 19.8 Å². The van der Waals surface area contributed by atoms with Crippen LogP contribution in [0.15, 0.2) is 47.4 Å². The Labute approximate surface area is 187 Å². The molecule has 0 aliphatic carbocycles. The molecule has 2 aromatic carbocycles. The third-order valence-electron chi connectivity index (χ3n) is 5.01. The summed E-state index contributed by atoms with van der Waals surface area (Å²) in [5.74, 6) is -0.462. The Morgan fingerprint density at radius 2 is 1.78 bits per heavy atom. The summed E-state index contributed by atoms with van der Waals surface area (Å²) in [4.78, 5) is 24.0. The van der Waals surface area contributed by atoms with E-state index in [4.69, 9.17) is 9.47 Å². The molecule has 0 radical (unpaired) electrons. The van der Waals surface area contributed by atoms with Gasteiger partial charge >= 0.3 is 5.97 Å². The van der Waals surface area contributed by atoms with Gasteiger partial charge in [-0.2, -0.15) is 4.31 Å². The van der Waals surface area contributed by atoms with Gasteiger partial charge in [0, 0.05) is 18.8 Å². The van der Waals surface area contributed by atoms with Crippen molar-refractivity contribution in [1.82, 2.24) is 4.31 Å². The highest BCUT2D eigenvalue weighted by Crippen LogP contribution is 2.31. The van der Waals surface area contributed by atoms with Gasteiger partial charge in [-0.3, -0.25) is 4.79 Å². The van der Waals surface area contributed by atoms with Crippen LogP contribution >= 0.6 is 0 Å². The number of nitrogens with one attached hydrogen (secondary N) is 1. The second kappa shape index (κ2) is 10.5. The number of rotatable bonds is 8. The van der Waals surface area contributed by atoms with E-state index in [1.807, 2.05) is 0 Å². The highest BCUT2D eigenvalue weighted by atomic mass is 32.2. The molecule has 10 heteroatoms. The fourth-order valence-electron chi connectivity index (χ4n) is 3.38. The smallest absolute Gasteiger partial charge is 0.337 e. The molecule has 0 unspecified atom stereocenters. The second-order valence-corrected chi connectivity index (χ2v) is 9.09. The van der Waals surface area contributed by atoms with E-state index in [0.717, 1.165) is 19.3 Å². The lowest BCUT2D eigenvalue weighted by Gasteiger charge is -2.26. The van der Waals surface area contributed by atoms with Crippen molar-refractivity contribution in [2.45, 2.75) is 24.2 Å². The number of sulfonamides is 1. The summed E-state index contributed by atoms with van der Waals surface area (Å²) in [5, 5.41) is 2.63. The lowest BCUT2D eigenvalue weighted by atomic mass is 10.2. The van der Waals surface area contributed by atoms with Crippen LogP contribution in [0, 0.1) is 0 Å². The van der Waals surface area contributed by atoms with Gasteiger partial charge in [0.2, 0.25) is 10.0 Å². The van der Waals surface area contributed by atoms with E-state index in [1.165, 1.54) is 36.7 Å². The Balaban J connectivity index is 1.70. The fourth-order valence-corrected chi connectivity index (χ4v) is 5.08. The van der Waals surface area contributed by atoms with E-state index < -0.39 is 21.9 Å². The average Bonchev–Trinajstić information content (AvgIpc) is 2.83. The number of benzene rings is 2. The number of hydrogen-bond donors (Lipinski definition) is 1. The number of ether oxygens (including phenoxy) is 3. The van der Waals surface area contributed by atoms with Gasteiger partial charge in [-0.1, -0.05) is 12.5 Å². The molecule has 172 valence electrons. The zero-order valence-electron chi connectivity index (χ0n) is 18.0. The predicted octanol–water partition coefficient (Wildman–Crippen LogP) is 2.67. The lowest BCUT2D eigenvalue weighted by Crippen LogP contribution is -2.35. The number of carbonyl (C=O) groups is 2. The number of nitrogens with zero attached hydrogens (tertiary/aromatic N) is 1. The van der Waals surface area contributed by atoms with E-state index in [9.17, 15) is 18.0 Å². The number of piperidine rings is 1. The highest BCUT2D eigenvalue weighted by Gasteiger charge is 2.29. The molecule has 32 heavy (non-hydrogen) atoms. The summed E-state index contributed by atoms with van der Waals surface area (Å²) in [6.07, 6.45) is 2.63. The molecular weight excluding hydrogens is 436 g/mol. The molecule has 1 N–H and O–H groups in total. The topological polar surface area (TPSA) is 111 Å². The van der Waals surface area contributed by atoms with Crippen molar-refractivity contribution in [1.29, 1.82) is 0 Å². The van der Waals surface area contributed by atoms with Gasteiger partial charge in [-0.25, -0.2) is 13.2 Å². The first kappa shape index (κ1) is 23.6. The molecule has 1 saturated heterocycles. The van der Waals surface area contributed by atoms with Gasteiger partial charge in [0.25, 0.3) is 5.91 Å². The van der Waals surface area contributed by atoms with Crippen LogP contribution in [0.5, 0.6) is 11.5 Å². The van der Waals surface area contributed by atoms with Gasteiger partial charge in [0.15, 0.2) is 6.61 Å².